The van der Waals surface area contributed by atoms with Crippen LogP contribution in [0.2, 0.25) is 0 Å². The summed E-state index contributed by atoms with van der Waals surface area (Å²) in [6, 6.07) is 13.5. The number of pyridine rings is 1. The Labute approximate surface area is 220 Å². The molecule has 0 radical (unpaired) electrons. The molecule has 2 unspecified atom stereocenters. The largest absolute Gasteiger partial charge is 0.444 e. The van der Waals surface area contributed by atoms with Gasteiger partial charge < -0.3 is 15.4 Å². The van der Waals surface area contributed by atoms with Crippen molar-refractivity contribution >= 4 is 43.9 Å². The molecule has 3 aromatic rings. The van der Waals surface area contributed by atoms with E-state index in [2.05, 4.69) is 47.5 Å². The van der Waals surface area contributed by atoms with E-state index in [9.17, 15) is 14.0 Å². The minimum absolute atomic E-state index is 0.215. The molecule has 1 heterocycles. The number of ether oxygens (including phenoxy) is 1. The monoisotopic (exact) mass is 605 g/mol. The third kappa shape index (κ3) is 8.43. The maximum atomic E-state index is 13.6. The summed E-state index contributed by atoms with van der Waals surface area (Å²) in [6.45, 7) is 5.25. The van der Waals surface area contributed by atoms with Crippen molar-refractivity contribution in [3.05, 3.63) is 98.4 Å². The molecule has 0 saturated heterocycles. The fourth-order valence-corrected chi connectivity index (χ4v) is 4.82. The number of nitrogens with zero attached hydrogens (tertiary/aromatic N) is 1. The van der Waals surface area contributed by atoms with Crippen LogP contribution < -0.4 is 10.6 Å². The molecule has 0 bridgehead atoms. The van der Waals surface area contributed by atoms with Gasteiger partial charge in [0.15, 0.2) is 0 Å². The Hall–Kier alpha value is -2.78. The van der Waals surface area contributed by atoms with Crippen molar-refractivity contribution in [3.8, 4) is 0 Å². The van der Waals surface area contributed by atoms with Crippen molar-refractivity contribution in [2.24, 2.45) is 0 Å². The van der Waals surface area contributed by atoms with Gasteiger partial charge in [-0.2, -0.15) is 0 Å². The van der Waals surface area contributed by atoms with Gasteiger partial charge in [-0.3, -0.25) is 9.78 Å². The summed E-state index contributed by atoms with van der Waals surface area (Å²) in [5, 5.41) is 5.69. The van der Waals surface area contributed by atoms with Gasteiger partial charge in [-0.25, -0.2) is 9.18 Å². The van der Waals surface area contributed by atoms with Gasteiger partial charge >= 0.3 is 6.09 Å². The van der Waals surface area contributed by atoms with E-state index in [1.807, 2.05) is 24.3 Å². The Balaban J connectivity index is 1.91. The van der Waals surface area contributed by atoms with Crippen LogP contribution in [0.5, 0.6) is 0 Å². The van der Waals surface area contributed by atoms with Gasteiger partial charge in [0.1, 0.15) is 17.5 Å². The van der Waals surface area contributed by atoms with Gasteiger partial charge in [0.2, 0.25) is 5.91 Å². The fourth-order valence-electron chi connectivity index (χ4n) is 3.43. The van der Waals surface area contributed by atoms with Crippen molar-refractivity contribution in [3.63, 3.8) is 0 Å². The zero-order chi connectivity index (χ0) is 25.6. The molecule has 2 N–H and O–H groups in total. The van der Waals surface area contributed by atoms with Gasteiger partial charge in [-0.1, -0.05) is 50.1 Å². The Morgan fingerprint density at radius 1 is 1.00 bits per heavy atom. The molecular weight excluding hydrogens is 581 g/mol. The lowest BCUT2D eigenvalue weighted by Crippen LogP contribution is -2.50. The highest BCUT2D eigenvalue weighted by molar-refractivity contribution is 9.11. The number of alkyl carbamates (subject to hydrolysis) is 1. The number of carbonyl (C=O) groups excluding carboxylic acids is 2. The van der Waals surface area contributed by atoms with Gasteiger partial charge in [0, 0.05) is 27.8 Å². The van der Waals surface area contributed by atoms with E-state index in [-0.39, 0.29) is 12.2 Å². The molecule has 0 aliphatic heterocycles. The summed E-state index contributed by atoms with van der Waals surface area (Å²) in [5.74, 6) is -0.806. The second-order valence-corrected chi connectivity index (χ2v) is 10.8. The van der Waals surface area contributed by atoms with E-state index in [1.165, 1.54) is 12.1 Å². The number of nitrogens with one attached hydrogen (secondary N) is 2. The number of benzene rings is 2. The quantitative estimate of drug-likeness (QED) is 0.341. The molecule has 0 saturated carbocycles. The molecule has 35 heavy (non-hydrogen) atoms. The summed E-state index contributed by atoms with van der Waals surface area (Å²) in [4.78, 5) is 30.3. The molecule has 6 nitrogen and oxygen atoms in total. The molecule has 0 aliphatic carbocycles. The second-order valence-electron chi connectivity index (χ2n) is 8.96. The van der Waals surface area contributed by atoms with Crippen LogP contribution in [-0.2, 0) is 16.0 Å². The third-order valence-corrected chi connectivity index (χ3v) is 5.79. The van der Waals surface area contributed by atoms with Gasteiger partial charge in [0.05, 0.1) is 6.04 Å². The van der Waals surface area contributed by atoms with E-state index in [0.29, 0.717) is 11.1 Å². The third-order valence-electron chi connectivity index (χ3n) is 4.88. The summed E-state index contributed by atoms with van der Waals surface area (Å²) < 4.78 is 20.6. The Morgan fingerprint density at radius 2 is 1.66 bits per heavy atom. The fraction of sp³-hybridized carbons (Fsp3) is 0.269. The van der Waals surface area contributed by atoms with Gasteiger partial charge in [0.25, 0.3) is 0 Å². The van der Waals surface area contributed by atoms with E-state index in [4.69, 9.17) is 4.74 Å². The average molecular weight is 607 g/mol. The predicted molar refractivity (Wildman–Crippen MR) is 139 cm³/mol. The van der Waals surface area contributed by atoms with Crippen molar-refractivity contribution in [2.75, 3.05) is 0 Å². The van der Waals surface area contributed by atoms with Crippen LogP contribution in [-0.4, -0.2) is 28.6 Å². The van der Waals surface area contributed by atoms with Crippen LogP contribution in [0.4, 0.5) is 9.18 Å². The van der Waals surface area contributed by atoms with Crippen molar-refractivity contribution in [1.82, 2.24) is 15.6 Å². The molecule has 2 atom stereocenters. The molecular formula is C26H26Br2FN3O3. The Bertz CT molecular complexity index is 1150. The second kappa shape index (κ2) is 11.8. The highest BCUT2D eigenvalue weighted by atomic mass is 79.9. The summed E-state index contributed by atoms with van der Waals surface area (Å²) >= 11 is 6.92. The average Bonchev–Trinajstić information content (AvgIpc) is 2.76. The molecule has 0 spiro atoms. The zero-order valence-electron chi connectivity index (χ0n) is 19.5. The van der Waals surface area contributed by atoms with Crippen LogP contribution in [0.25, 0.3) is 0 Å². The van der Waals surface area contributed by atoms with Gasteiger partial charge in [-0.05, 0) is 73.9 Å². The molecule has 1 aromatic heterocycles. The van der Waals surface area contributed by atoms with Gasteiger partial charge in [-0.15, -0.1) is 0 Å². The van der Waals surface area contributed by atoms with Crippen molar-refractivity contribution < 1.29 is 18.7 Å². The summed E-state index contributed by atoms with van der Waals surface area (Å²) in [7, 11) is 0. The van der Waals surface area contributed by atoms with E-state index < -0.39 is 29.7 Å². The lowest BCUT2D eigenvalue weighted by Gasteiger charge is -2.26. The molecule has 2 aromatic carbocycles. The number of halogens is 3. The molecule has 3 rings (SSSR count). The SMILES string of the molecule is CC(C)(C)OC(=O)NC(Cc1cc(Br)cc(Br)c1)C(=O)NC(c1ccc(F)cc1)c1cccnc1. The number of hydrogen-bond acceptors (Lipinski definition) is 4. The molecule has 184 valence electrons. The molecule has 0 fully saturated rings. The van der Waals surface area contributed by atoms with E-state index >= 15 is 0 Å². The maximum Gasteiger partial charge on any atom is 0.408 e. The normalized spacial score (nSPS) is 13.0. The minimum Gasteiger partial charge on any atom is -0.444 e. The van der Waals surface area contributed by atoms with Crippen molar-refractivity contribution in [1.29, 1.82) is 0 Å². The number of hydrogen-bond donors (Lipinski definition) is 2. The molecule has 2 amide bonds. The highest BCUT2D eigenvalue weighted by Gasteiger charge is 2.28. The maximum absolute atomic E-state index is 13.6. The number of amides is 2. The predicted octanol–water partition coefficient (Wildman–Crippen LogP) is 6.09. The lowest BCUT2D eigenvalue weighted by molar-refractivity contribution is -0.123. The minimum atomic E-state index is -0.939. The summed E-state index contributed by atoms with van der Waals surface area (Å²) in [5.41, 5.74) is 1.49. The smallest absolute Gasteiger partial charge is 0.408 e. The van der Waals surface area contributed by atoms with Crippen LogP contribution in [0.15, 0.2) is 75.9 Å². The van der Waals surface area contributed by atoms with Crippen LogP contribution in [0, 0.1) is 5.82 Å². The van der Waals surface area contributed by atoms with E-state index in [0.717, 1.165) is 14.5 Å². The first-order valence-electron chi connectivity index (χ1n) is 10.9. The number of rotatable bonds is 7. The Kier molecular flexibility index (Phi) is 9.02. The van der Waals surface area contributed by atoms with Crippen LogP contribution in [0.1, 0.15) is 43.5 Å². The Morgan fingerprint density at radius 3 is 2.23 bits per heavy atom. The first-order chi connectivity index (χ1) is 16.5. The first-order valence-corrected chi connectivity index (χ1v) is 12.5. The topological polar surface area (TPSA) is 80.3 Å². The van der Waals surface area contributed by atoms with Crippen LogP contribution in [0.3, 0.4) is 0 Å². The molecule has 9 heteroatoms. The standard InChI is InChI=1S/C26H26Br2FN3O3/c1-26(2,3)35-25(34)31-22(13-16-11-19(27)14-20(28)12-16)24(33)32-23(18-5-4-10-30-15-18)17-6-8-21(29)9-7-17/h4-12,14-15,22-23H,13H2,1-3H3,(H,31,34)(H,32,33). The highest BCUT2D eigenvalue weighted by Crippen LogP contribution is 2.24. The number of carbonyl (C=O) groups is 2. The first kappa shape index (κ1) is 26.8. The molecule has 0 aliphatic rings. The number of aromatic nitrogens is 1. The van der Waals surface area contributed by atoms with E-state index in [1.54, 1.807) is 51.4 Å². The van der Waals surface area contributed by atoms with Crippen LogP contribution >= 0.6 is 31.9 Å². The van der Waals surface area contributed by atoms with Crippen molar-refractivity contribution in [2.45, 2.75) is 44.9 Å². The zero-order valence-corrected chi connectivity index (χ0v) is 22.7. The summed E-state index contributed by atoms with van der Waals surface area (Å²) in [6.07, 6.45) is 2.78. The lowest BCUT2D eigenvalue weighted by atomic mass is 9.98.